The lowest BCUT2D eigenvalue weighted by molar-refractivity contribution is -0.121. The van der Waals surface area contributed by atoms with Gasteiger partial charge in [0, 0.05) is 78.4 Å². The number of nitrogens with zero attached hydrogens (tertiary/aromatic N) is 2. The number of fused-ring (bicyclic) bond motifs is 1. The molecule has 378 valence electrons. The molecule has 1 aromatic heterocycles. The fourth-order valence-electron chi connectivity index (χ4n) is 7.52. The molecule has 4 aromatic rings. The highest BCUT2D eigenvalue weighted by molar-refractivity contribution is 7.90. The van der Waals surface area contributed by atoms with Crippen LogP contribution in [-0.2, 0) is 29.0 Å². The van der Waals surface area contributed by atoms with Gasteiger partial charge < -0.3 is 34.7 Å². The number of aliphatic hydroxyl groups excluding tert-OH is 1. The van der Waals surface area contributed by atoms with Crippen molar-refractivity contribution in [2.24, 2.45) is 5.92 Å². The molecule has 0 bridgehead atoms. The number of aliphatic hydroxyl groups is 1. The van der Waals surface area contributed by atoms with Gasteiger partial charge in [-0.3, -0.25) is 4.79 Å². The van der Waals surface area contributed by atoms with Crippen LogP contribution in [0.4, 0.5) is 18.9 Å². The number of aromatic nitrogens is 1. The SMILES string of the molecule is CCCOCCCNC(=O)CCCCCOc1cc(NC2CCN(S(=O)(=O)C(F)(F)F)CC2)c2cc(C(c3ccc(Cl)cc3)c3ccc(Cl)cc3)ccc2n1.CC[C@@H](C)[C@H](C)OCCOCCO. The molecule has 0 spiro atoms. The molecular weight excluding hydrogens is 945 g/mol. The topological polar surface area (TPSA) is 149 Å². The van der Waals surface area contributed by atoms with Crippen LogP contribution in [0.3, 0.4) is 0 Å². The van der Waals surface area contributed by atoms with Crippen molar-refractivity contribution in [1.29, 1.82) is 0 Å². The molecule has 2 atom stereocenters. The van der Waals surface area contributed by atoms with Crippen LogP contribution in [0.25, 0.3) is 10.9 Å². The first-order chi connectivity index (χ1) is 32.6. The van der Waals surface area contributed by atoms with Crippen LogP contribution in [0.1, 0.15) is 108 Å². The Kier molecular flexibility index (Phi) is 24.6. The lowest BCUT2D eigenvalue weighted by Crippen LogP contribution is -2.47. The number of amides is 1. The number of piperidine rings is 1. The van der Waals surface area contributed by atoms with Crippen LogP contribution in [0.5, 0.6) is 5.88 Å². The average Bonchev–Trinajstić information content (AvgIpc) is 3.32. The average molecular weight is 1010 g/mol. The van der Waals surface area contributed by atoms with Gasteiger partial charge >= 0.3 is 15.5 Å². The number of hydrogen-bond donors (Lipinski definition) is 3. The van der Waals surface area contributed by atoms with E-state index in [1.165, 1.54) is 0 Å². The van der Waals surface area contributed by atoms with Gasteiger partial charge in [0.15, 0.2) is 0 Å². The number of anilines is 1. The molecule has 18 heteroatoms. The van der Waals surface area contributed by atoms with Crippen LogP contribution in [0.2, 0.25) is 10.0 Å². The third kappa shape index (κ3) is 18.5. The number of carbonyl (C=O) groups is 1. The zero-order valence-corrected chi connectivity index (χ0v) is 42.0. The van der Waals surface area contributed by atoms with Crippen molar-refractivity contribution in [1.82, 2.24) is 14.6 Å². The van der Waals surface area contributed by atoms with Gasteiger partial charge in [-0.25, -0.2) is 13.4 Å². The molecule has 12 nitrogen and oxygen atoms in total. The van der Waals surface area contributed by atoms with E-state index in [2.05, 4.69) is 38.3 Å². The normalized spacial score (nSPS) is 14.6. The molecule has 5 rings (SSSR count). The maximum atomic E-state index is 13.3. The number of sulfonamides is 1. The molecule has 0 aliphatic carbocycles. The molecule has 0 unspecified atom stereocenters. The number of pyridine rings is 1. The quantitative estimate of drug-likeness (QED) is 0.0389. The molecule has 1 aliphatic rings. The third-order valence-electron chi connectivity index (χ3n) is 11.7. The van der Waals surface area contributed by atoms with E-state index in [1.54, 1.807) is 6.07 Å². The minimum absolute atomic E-state index is 0.0129. The number of ether oxygens (including phenoxy) is 4. The smallest absolute Gasteiger partial charge is 0.478 e. The van der Waals surface area contributed by atoms with E-state index in [-0.39, 0.29) is 50.4 Å². The number of hydrogen-bond acceptors (Lipinski definition) is 10. The molecule has 3 N–H and O–H groups in total. The standard InChI is InChI=1S/C40H47Cl2F3N4O5S.C10H22O3/c1-2-23-53-24-6-20-46-37(50)7-4-3-5-25-54-38-27-36(47-33-18-21-49(22-19-33)55(51,52)40(43,44)45)34-26-30(12-17-35(34)48-38)39(28-8-13-31(41)14-9-28)29-10-15-32(42)16-11-29;1-4-9(2)10(3)13-8-7-12-6-5-11/h8-17,26-27,33,39H,2-7,18-25H2,1H3,(H,46,50)(H,47,48);9-11H,4-8H2,1-3H3/t;9-,10+/m.1/s1. The van der Waals surface area contributed by atoms with Gasteiger partial charge in [-0.05, 0) is 111 Å². The summed E-state index contributed by atoms with van der Waals surface area (Å²) < 4.78 is 86.6. The monoisotopic (exact) mass is 1010 g/mol. The zero-order valence-electron chi connectivity index (χ0n) is 39.7. The summed E-state index contributed by atoms with van der Waals surface area (Å²) in [5, 5.41) is 16.8. The van der Waals surface area contributed by atoms with Gasteiger partial charge in [-0.1, -0.05) is 80.7 Å². The Bertz CT molecular complexity index is 2150. The molecular formula is C50H69Cl2F3N4O8S. The Balaban J connectivity index is 0.000000675. The number of carbonyl (C=O) groups excluding carboxylic acids is 1. The molecule has 1 fully saturated rings. The molecule has 1 saturated heterocycles. The Labute approximate surface area is 410 Å². The van der Waals surface area contributed by atoms with Crippen molar-refractivity contribution >= 4 is 55.7 Å². The Hall–Kier alpha value is -3.74. The van der Waals surface area contributed by atoms with Crippen molar-refractivity contribution in [2.45, 2.75) is 109 Å². The lowest BCUT2D eigenvalue weighted by atomic mass is 9.84. The van der Waals surface area contributed by atoms with Crippen LogP contribution in [0.15, 0.2) is 72.8 Å². The molecule has 68 heavy (non-hydrogen) atoms. The number of nitrogens with one attached hydrogen (secondary N) is 2. The van der Waals surface area contributed by atoms with Gasteiger partial charge in [0.1, 0.15) is 0 Å². The van der Waals surface area contributed by atoms with Crippen LogP contribution in [-0.4, -0.2) is 112 Å². The Morgan fingerprint density at radius 2 is 1.46 bits per heavy atom. The second-order valence-corrected chi connectivity index (χ2v) is 19.7. The van der Waals surface area contributed by atoms with Crippen LogP contribution >= 0.6 is 23.2 Å². The summed E-state index contributed by atoms with van der Waals surface area (Å²) in [5.41, 5.74) is -1.08. The summed E-state index contributed by atoms with van der Waals surface area (Å²) in [5.74, 6) is 0.784. The predicted molar refractivity (Wildman–Crippen MR) is 264 cm³/mol. The first-order valence-corrected chi connectivity index (χ1v) is 25.8. The second-order valence-electron chi connectivity index (χ2n) is 16.9. The lowest BCUT2D eigenvalue weighted by Gasteiger charge is -2.32. The van der Waals surface area contributed by atoms with E-state index in [0.29, 0.717) is 102 Å². The third-order valence-corrected chi connectivity index (χ3v) is 13.9. The van der Waals surface area contributed by atoms with Crippen molar-refractivity contribution in [2.75, 3.05) is 71.2 Å². The van der Waals surface area contributed by atoms with Crippen molar-refractivity contribution < 1.29 is 50.4 Å². The van der Waals surface area contributed by atoms with Crippen LogP contribution < -0.4 is 15.4 Å². The van der Waals surface area contributed by atoms with Crippen molar-refractivity contribution in [3.8, 4) is 5.88 Å². The number of rotatable bonds is 27. The van der Waals surface area contributed by atoms with E-state index in [9.17, 15) is 26.4 Å². The summed E-state index contributed by atoms with van der Waals surface area (Å²) in [4.78, 5) is 17.0. The van der Waals surface area contributed by atoms with E-state index in [4.69, 9.17) is 52.2 Å². The first kappa shape index (κ1) is 56.8. The number of halogens is 5. The highest BCUT2D eigenvalue weighted by Gasteiger charge is 2.50. The minimum Gasteiger partial charge on any atom is -0.478 e. The van der Waals surface area contributed by atoms with Gasteiger partial charge in [-0.15, -0.1) is 0 Å². The van der Waals surface area contributed by atoms with Crippen molar-refractivity contribution in [3.63, 3.8) is 0 Å². The number of benzene rings is 3. The minimum atomic E-state index is -5.41. The summed E-state index contributed by atoms with van der Waals surface area (Å²) >= 11 is 12.5. The van der Waals surface area contributed by atoms with Gasteiger partial charge in [0.2, 0.25) is 11.8 Å². The molecule has 0 radical (unpaired) electrons. The summed E-state index contributed by atoms with van der Waals surface area (Å²) in [6.07, 6.45) is 6.16. The number of unbranched alkanes of at least 4 members (excludes halogenated alkanes) is 2. The van der Waals surface area contributed by atoms with E-state index in [0.717, 1.165) is 54.4 Å². The second kappa shape index (κ2) is 29.4. The summed E-state index contributed by atoms with van der Waals surface area (Å²) in [6.45, 7) is 11.9. The Morgan fingerprint density at radius 1 is 0.824 bits per heavy atom. The predicted octanol–water partition coefficient (Wildman–Crippen LogP) is 10.8. The first-order valence-electron chi connectivity index (χ1n) is 23.6. The fourth-order valence-corrected chi connectivity index (χ4v) is 8.76. The molecule has 0 saturated carbocycles. The molecule has 2 heterocycles. The summed E-state index contributed by atoms with van der Waals surface area (Å²) in [7, 11) is -5.41. The van der Waals surface area contributed by atoms with Gasteiger partial charge in [0.25, 0.3) is 0 Å². The van der Waals surface area contributed by atoms with E-state index in [1.807, 2.05) is 66.7 Å². The van der Waals surface area contributed by atoms with Crippen molar-refractivity contribution in [3.05, 3.63) is 99.5 Å². The van der Waals surface area contributed by atoms with E-state index >= 15 is 0 Å². The van der Waals surface area contributed by atoms with Gasteiger partial charge in [-0.2, -0.15) is 17.5 Å². The maximum Gasteiger partial charge on any atom is 0.511 e. The van der Waals surface area contributed by atoms with Crippen LogP contribution in [0, 0.1) is 5.92 Å². The molecule has 1 aliphatic heterocycles. The largest absolute Gasteiger partial charge is 0.511 e. The highest BCUT2D eigenvalue weighted by Crippen LogP contribution is 2.38. The highest BCUT2D eigenvalue weighted by atomic mass is 35.5. The number of alkyl halides is 3. The maximum absolute atomic E-state index is 13.3. The Morgan fingerprint density at radius 3 is 2.06 bits per heavy atom. The van der Waals surface area contributed by atoms with Gasteiger partial charge in [0.05, 0.1) is 44.7 Å². The van der Waals surface area contributed by atoms with E-state index < -0.39 is 15.5 Å². The molecule has 3 aromatic carbocycles. The molecule has 1 amide bonds. The summed E-state index contributed by atoms with van der Waals surface area (Å²) in [6, 6.07) is 22.7. The zero-order chi connectivity index (χ0) is 49.5. The fraction of sp³-hybridized carbons (Fsp3) is 0.560.